The van der Waals surface area contributed by atoms with Crippen LogP contribution in [0.4, 0.5) is 4.79 Å². The van der Waals surface area contributed by atoms with Crippen LogP contribution < -0.4 is 0 Å². The Bertz CT molecular complexity index is 367. The number of carbonyl (C=O) groups excluding carboxylic acids is 2. The van der Waals surface area contributed by atoms with Crippen molar-refractivity contribution in [3.63, 3.8) is 0 Å². The van der Waals surface area contributed by atoms with Gasteiger partial charge in [-0.2, -0.15) is 0 Å². The fourth-order valence-corrected chi connectivity index (χ4v) is 2.95. The molecule has 0 N–H and O–H groups in total. The highest BCUT2D eigenvalue weighted by molar-refractivity contribution is 5.60. The van der Waals surface area contributed by atoms with Crippen molar-refractivity contribution < 1.29 is 33.3 Å². The quantitative estimate of drug-likeness (QED) is 0.403. The van der Waals surface area contributed by atoms with Crippen LogP contribution >= 0.6 is 0 Å². The second-order valence-corrected chi connectivity index (χ2v) is 5.97. The van der Waals surface area contributed by atoms with Gasteiger partial charge in [0.05, 0.1) is 12.2 Å². The molecule has 3 unspecified atom stereocenters. The molecule has 1 radical (unpaired) electrons. The summed E-state index contributed by atoms with van der Waals surface area (Å²) < 4.78 is 26.0. The molecule has 7 heteroatoms. The maximum Gasteiger partial charge on any atom is 0.508 e. The first-order valence-corrected chi connectivity index (χ1v) is 8.24. The van der Waals surface area contributed by atoms with Crippen LogP contribution in [0.2, 0.25) is 0 Å². The van der Waals surface area contributed by atoms with Gasteiger partial charge in [-0.15, -0.1) is 0 Å². The molecule has 2 aliphatic rings. The molecular weight excluding hydrogens is 304 g/mol. The van der Waals surface area contributed by atoms with Crippen molar-refractivity contribution in [3.8, 4) is 0 Å². The minimum absolute atomic E-state index is 0.0260. The van der Waals surface area contributed by atoms with E-state index in [0.29, 0.717) is 25.9 Å². The number of carbonyl (C=O) groups is 2. The van der Waals surface area contributed by atoms with Crippen molar-refractivity contribution in [2.45, 2.75) is 76.3 Å². The standard InChI is InChI=1S/C16H25O7/c1-12(22-16(18)23-13-5-3-2-4-6-13)15-9-14(7-8-20-15)21-11-19-10-17/h10-15H,2-9H2,1H3. The summed E-state index contributed by atoms with van der Waals surface area (Å²) in [5, 5.41) is 0. The van der Waals surface area contributed by atoms with Crippen LogP contribution in [0.1, 0.15) is 51.9 Å². The minimum atomic E-state index is -0.633. The van der Waals surface area contributed by atoms with E-state index < -0.39 is 12.3 Å². The third kappa shape index (κ3) is 6.35. The van der Waals surface area contributed by atoms with E-state index in [4.69, 9.17) is 18.9 Å². The van der Waals surface area contributed by atoms with E-state index in [9.17, 15) is 9.59 Å². The van der Waals surface area contributed by atoms with Crippen LogP contribution in [0, 0.1) is 6.79 Å². The maximum absolute atomic E-state index is 11.9. The highest BCUT2D eigenvalue weighted by Crippen LogP contribution is 2.23. The summed E-state index contributed by atoms with van der Waals surface area (Å²) in [4.78, 5) is 21.9. The van der Waals surface area contributed by atoms with Gasteiger partial charge in [0, 0.05) is 13.0 Å². The molecule has 0 aromatic carbocycles. The summed E-state index contributed by atoms with van der Waals surface area (Å²) in [5.41, 5.74) is 0. The topological polar surface area (TPSA) is 80.3 Å². The summed E-state index contributed by atoms with van der Waals surface area (Å²) in [7, 11) is 0. The van der Waals surface area contributed by atoms with Crippen molar-refractivity contribution >= 4 is 12.6 Å². The van der Waals surface area contributed by atoms with Gasteiger partial charge >= 0.3 is 6.16 Å². The van der Waals surface area contributed by atoms with Crippen molar-refractivity contribution in [3.05, 3.63) is 6.79 Å². The molecule has 2 fully saturated rings. The van der Waals surface area contributed by atoms with Crippen molar-refractivity contribution in [1.29, 1.82) is 0 Å². The van der Waals surface area contributed by atoms with Crippen LogP contribution in [-0.2, 0) is 28.5 Å². The molecule has 1 saturated heterocycles. The molecule has 0 bridgehead atoms. The largest absolute Gasteiger partial charge is 0.508 e. The number of rotatable bonds is 7. The van der Waals surface area contributed by atoms with Crippen LogP contribution in [-0.4, -0.2) is 43.7 Å². The molecule has 1 aliphatic heterocycles. The second kappa shape index (κ2) is 9.72. The third-order valence-corrected chi connectivity index (χ3v) is 4.25. The monoisotopic (exact) mass is 329 g/mol. The average Bonchev–Trinajstić information content (AvgIpc) is 2.56. The van der Waals surface area contributed by atoms with E-state index in [-0.39, 0.29) is 18.3 Å². The number of hydrogen-bond donors (Lipinski definition) is 0. The van der Waals surface area contributed by atoms with Gasteiger partial charge in [-0.3, -0.25) is 4.79 Å². The molecule has 2 rings (SSSR count). The molecule has 23 heavy (non-hydrogen) atoms. The molecule has 1 aliphatic carbocycles. The smallest absolute Gasteiger partial charge is 0.431 e. The van der Waals surface area contributed by atoms with Gasteiger partial charge in [-0.05, 0) is 39.0 Å². The van der Waals surface area contributed by atoms with Gasteiger partial charge in [-0.1, -0.05) is 6.42 Å². The van der Waals surface area contributed by atoms with Crippen LogP contribution in [0.5, 0.6) is 0 Å². The van der Waals surface area contributed by atoms with E-state index in [1.54, 1.807) is 6.92 Å². The molecule has 0 aromatic heterocycles. The first-order valence-electron chi connectivity index (χ1n) is 8.24. The molecule has 3 atom stereocenters. The van der Waals surface area contributed by atoms with Gasteiger partial charge in [0.2, 0.25) is 0 Å². The molecule has 0 aromatic rings. The first kappa shape index (κ1) is 18.0. The lowest BCUT2D eigenvalue weighted by Crippen LogP contribution is -2.40. The Morgan fingerprint density at radius 1 is 1.17 bits per heavy atom. The Morgan fingerprint density at radius 3 is 2.70 bits per heavy atom. The molecule has 131 valence electrons. The second-order valence-electron chi connectivity index (χ2n) is 5.97. The highest BCUT2D eigenvalue weighted by atomic mass is 16.7. The zero-order valence-electron chi connectivity index (χ0n) is 13.5. The van der Waals surface area contributed by atoms with Crippen LogP contribution in [0.15, 0.2) is 0 Å². The Kier molecular flexibility index (Phi) is 7.61. The normalized spacial score (nSPS) is 27.0. The molecule has 7 nitrogen and oxygen atoms in total. The van der Waals surface area contributed by atoms with E-state index in [1.165, 1.54) is 6.42 Å². The van der Waals surface area contributed by atoms with E-state index >= 15 is 0 Å². The summed E-state index contributed by atoms with van der Waals surface area (Å²) in [6.45, 7) is 3.59. The van der Waals surface area contributed by atoms with E-state index in [2.05, 4.69) is 4.74 Å². The van der Waals surface area contributed by atoms with Gasteiger partial charge in [0.25, 0.3) is 13.3 Å². The van der Waals surface area contributed by atoms with Crippen LogP contribution in [0.25, 0.3) is 0 Å². The average molecular weight is 329 g/mol. The Morgan fingerprint density at radius 2 is 1.96 bits per heavy atom. The molecule has 1 saturated carbocycles. The Balaban J connectivity index is 1.69. The van der Waals surface area contributed by atoms with Gasteiger partial charge < -0.3 is 23.7 Å². The maximum atomic E-state index is 11.9. The fourth-order valence-electron chi connectivity index (χ4n) is 2.95. The van der Waals surface area contributed by atoms with Crippen molar-refractivity contribution in [1.82, 2.24) is 0 Å². The van der Waals surface area contributed by atoms with E-state index in [1.807, 2.05) is 0 Å². The summed E-state index contributed by atoms with van der Waals surface area (Å²) in [6.07, 6.45) is 4.97. The lowest BCUT2D eigenvalue weighted by Gasteiger charge is -2.32. The number of ether oxygens (including phenoxy) is 5. The zero-order valence-corrected chi connectivity index (χ0v) is 13.5. The van der Waals surface area contributed by atoms with Gasteiger partial charge in [0.15, 0.2) is 0 Å². The lowest BCUT2D eigenvalue weighted by atomic mass is 9.98. The predicted octanol–water partition coefficient (Wildman–Crippen LogP) is 2.72. The molecular formula is C16H25O7. The van der Waals surface area contributed by atoms with Gasteiger partial charge in [0.1, 0.15) is 12.2 Å². The third-order valence-electron chi connectivity index (χ3n) is 4.25. The molecule has 1 heterocycles. The SMILES string of the molecule is CC(OC(=O)OC1CCCCC1)C1CC(O[CH]OC=O)CCO1. The molecule has 0 spiro atoms. The minimum Gasteiger partial charge on any atom is -0.431 e. The molecule has 0 amide bonds. The summed E-state index contributed by atoms with van der Waals surface area (Å²) >= 11 is 0. The Labute approximate surface area is 136 Å². The first-order chi connectivity index (χ1) is 11.2. The van der Waals surface area contributed by atoms with E-state index in [0.717, 1.165) is 32.5 Å². The van der Waals surface area contributed by atoms with Crippen molar-refractivity contribution in [2.24, 2.45) is 0 Å². The lowest BCUT2D eigenvalue weighted by molar-refractivity contribution is -0.143. The highest BCUT2D eigenvalue weighted by Gasteiger charge is 2.31. The zero-order chi connectivity index (χ0) is 16.5. The van der Waals surface area contributed by atoms with Crippen LogP contribution in [0.3, 0.4) is 0 Å². The van der Waals surface area contributed by atoms with Crippen molar-refractivity contribution in [2.75, 3.05) is 6.61 Å². The Hall–Kier alpha value is -1.34. The van der Waals surface area contributed by atoms with Gasteiger partial charge in [-0.25, -0.2) is 4.79 Å². The summed E-state index contributed by atoms with van der Waals surface area (Å²) in [6, 6.07) is 0. The summed E-state index contributed by atoms with van der Waals surface area (Å²) in [5.74, 6) is 0. The number of hydrogen-bond acceptors (Lipinski definition) is 7. The predicted molar refractivity (Wildman–Crippen MR) is 79.2 cm³/mol. The fraction of sp³-hybridized carbons (Fsp3) is 0.812.